The molecular weight excluding hydrogens is 252 g/mol. The minimum absolute atomic E-state index is 0.724. The number of allylic oxidation sites excluding steroid dienone is 7. The van der Waals surface area contributed by atoms with Gasteiger partial charge in [-0.15, -0.1) is 0 Å². The molecule has 0 saturated carbocycles. The molecule has 0 bridgehead atoms. The molecule has 0 aromatic rings. The molecule has 0 nitrogen and oxygen atoms in total. The summed E-state index contributed by atoms with van der Waals surface area (Å²) >= 11 is 0. The number of hydrogen-bond donors (Lipinski definition) is 0. The fourth-order valence-electron chi connectivity index (χ4n) is 3.91. The molecule has 2 aliphatic rings. The van der Waals surface area contributed by atoms with Crippen LogP contribution in [0.15, 0.2) is 47.1 Å². The number of hydrogen-bond acceptors (Lipinski definition) is 0. The zero-order chi connectivity index (χ0) is 15.4. The highest BCUT2D eigenvalue weighted by atomic mass is 14.3. The fraction of sp³-hybridized carbons (Fsp3) is 0.619. The van der Waals surface area contributed by atoms with Gasteiger partial charge in [0.2, 0.25) is 0 Å². The van der Waals surface area contributed by atoms with E-state index in [4.69, 9.17) is 0 Å². The molecule has 3 unspecified atom stereocenters. The monoisotopic (exact) mass is 284 g/mol. The van der Waals surface area contributed by atoms with Crippen molar-refractivity contribution in [3.8, 4) is 0 Å². The van der Waals surface area contributed by atoms with Crippen LogP contribution in [0.3, 0.4) is 0 Å². The van der Waals surface area contributed by atoms with E-state index in [1.165, 1.54) is 44.1 Å². The second-order valence-corrected chi connectivity index (χ2v) is 7.16. The Morgan fingerprint density at radius 3 is 2.57 bits per heavy atom. The summed E-state index contributed by atoms with van der Waals surface area (Å²) in [5, 5.41) is 0. The average Bonchev–Trinajstić information content (AvgIpc) is 2.93. The molecule has 2 aliphatic carbocycles. The summed E-state index contributed by atoms with van der Waals surface area (Å²) in [5.74, 6) is 2.38. The maximum absolute atomic E-state index is 4.01. The van der Waals surface area contributed by atoms with Crippen molar-refractivity contribution in [2.45, 2.75) is 66.2 Å². The Bertz CT molecular complexity index is 472. The minimum atomic E-state index is 0.724. The first kappa shape index (κ1) is 16.3. The molecule has 0 aromatic carbocycles. The highest BCUT2D eigenvalue weighted by Gasteiger charge is 2.24. The topological polar surface area (TPSA) is 0 Å². The van der Waals surface area contributed by atoms with E-state index < -0.39 is 0 Å². The highest BCUT2D eigenvalue weighted by Crippen LogP contribution is 2.41. The van der Waals surface area contributed by atoms with Crippen LogP contribution in [-0.4, -0.2) is 0 Å². The standard InChI is InChI=1S/C21H32/c1-6-18(7-2)20-9-8-10-21(20)19-13-15(3)11-12-16(4)17(5)14-19/h6-7,13,15-17H,1,8-12,14H2,2-5H3/b18-7-,19-13?. The van der Waals surface area contributed by atoms with Gasteiger partial charge < -0.3 is 0 Å². The van der Waals surface area contributed by atoms with Crippen LogP contribution in [0.2, 0.25) is 0 Å². The van der Waals surface area contributed by atoms with Gasteiger partial charge in [0, 0.05) is 0 Å². The first-order valence-electron chi connectivity index (χ1n) is 8.79. The smallest absolute Gasteiger partial charge is 0.0251 e. The van der Waals surface area contributed by atoms with Gasteiger partial charge in [0.1, 0.15) is 0 Å². The Morgan fingerprint density at radius 1 is 1.14 bits per heavy atom. The van der Waals surface area contributed by atoms with Gasteiger partial charge in [0.15, 0.2) is 0 Å². The van der Waals surface area contributed by atoms with Crippen molar-refractivity contribution < 1.29 is 0 Å². The summed E-state index contributed by atoms with van der Waals surface area (Å²) < 4.78 is 0. The van der Waals surface area contributed by atoms with Crippen LogP contribution in [0.25, 0.3) is 0 Å². The molecule has 0 radical (unpaired) electrons. The molecule has 0 aliphatic heterocycles. The SMILES string of the molecule is C=C/C(=C/C)C1=C(C2=CC(C)CCC(C)C(C)C2)CCC1. The van der Waals surface area contributed by atoms with E-state index in [1.54, 1.807) is 16.7 Å². The van der Waals surface area contributed by atoms with Gasteiger partial charge in [0.05, 0.1) is 0 Å². The van der Waals surface area contributed by atoms with Crippen LogP contribution in [0.1, 0.15) is 66.2 Å². The molecule has 0 N–H and O–H groups in total. The van der Waals surface area contributed by atoms with Gasteiger partial charge in [0.25, 0.3) is 0 Å². The lowest BCUT2D eigenvalue weighted by atomic mass is 9.78. The summed E-state index contributed by atoms with van der Waals surface area (Å²) in [6, 6.07) is 0. The first-order valence-corrected chi connectivity index (χ1v) is 8.79. The molecule has 0 fully saturated rings. The Balaban J connectivity index is 2.38. The zero-order valence-corrected chi connectivity index (χ0v) is 14.4. The molecule has 21 heavy (non-hydrogen) atoms. The van der Waals surface area contributed by atoms with Crippen LogP contribution < -0.4 is 0 Å². The van der Waals surface area contributed by atoms with Crippen LogP contribution in [-0.2, 0) is 0 Å². The lowest BCUT2D eigenvalue weighted by molar-refractivity contribution is 0.331. The Kier molecular flexibility index (Phi) is 5.67. The van der Waals surface area contributed by atoms with E-state index in [9.17, 15) is 0 Å². The van der Waals surface area contributed by atoms with Gasteiger partial charge in [-0.2, -0.15) is 0 Å². The van der Waals surface area contributed by atoms with E-state index in [1.807, 2.05) is 6.08 Å². The lowest BCUT2D eigenvalue weighted by Crippen LogP contribution is -2.14. The van der Waals surface area contributed by atoms with Gasteiger partial charge in [-0.25, -0.2) is 0 Å². The molecule has 0 heteroatoms. The molecule has 3 atom stereocenters. The van der Waals surface area contributed by atoms with Crippen molar-refractivity contribution in [1.29, 1.82) is 0 Å². The molecule has 0 amide bonds. The summed E-state index contributed by atoms with van der Waals surface area (Å²) in [6.45, 7) is 13.4. The van der Waals surface area contributed by atoms with Crippen molar-refractivity contribution in [2.75, 3.05) is 0 Å². The second-order valence-electron chi connectivity index (χ2n) is 7.16. The summed E-state index contributed by atoms with van der Waals surface area (Å²) in [6.07, 6.45) is 14.6. The zero-order valence-electron chi connectivity index (χ0n) is 14.4. The Morgan fingerprint density at radius 2 is 1.90 bits per heavy atom. The van der Waals surface area contributed by atoms with E-state index >= 15 is 0 Å². The predicted octanol–water partition coefficient (Wildman–Crippen LogP) is 6.62. The van der Waals surface area contributed by atoms with Gasteiger partial charge >= 0.3 is 0 Å². The Hall–Kier alpha value is -1.04. The molecule has 0 spiro atoms. The van der Waals surface area contributed by atoms with E-state index in [0.29, 0.717) is 0 Å². The first-order chi connectivity index (χ1) is 10.1. The van der Waals surface area contributed by atoms with Gasteiger partial charge in [-0.1, -0.05) is 45.6 Å². The third-order valence-electron chi connectivity index (χ3n) is 5.56. The molecular formula is C21H32. The van der Waals surface area contributed by atoms with Crippen LogP contribution >= 0.6 is 0 Å². The van der Waals surface area contributed by atoms with Crippen molar-refractivity contribution in [2.24, 2.45) is 17.8 Å². The van der Waals surface area contributed by atoms with Gasteiger partial charge in [-0.3, -0.25) is 0 Å². The largest absolute Gasteiger partial charge is 0.0985 e. The maximum Gasteiger partial charge on any atom is -0.0251 e. The van der Waals surface area contributed by atoms with E-state index in [-0.39, 0.29) is 0 Å². The van der Waals surface area contributed by atoms with Gasteiger partial charge in [-0.05, 0) is 85.5 Å². The second kappa shape index (κ2) is 7.29. The Labute approximate surface area is 131 Å². The molecule has 0 saturated heterocycles. The van der Waals surface area contributed by atoms with Crippen molar-refractivity contribution in [3.05, 3.63) is 47.1 Å². The summed E-state index contributed by atoms with van der Waals surface area (Å²) in [5.41, 5.74) is 6.23. The predicted molar refractivity (Wildman–Crippen MR) is 94.3 cm³/mol. The van der Waals surface area contributed by atoms with Crippen molar-refractivity contribution >= 4 is 0 Å². The van der Waals surface area contributed by atoms with Crippen LogP contribution in [0, 0.1) is 17.8 Å². The van der Waals surface area contributed by atoms with E-state index in [0.717, 1.165) is 17.8 Å². The van der Waals surface area contributed by atoms with Crippen molar-refractivity contribution in [1.82, 2.24) is 0 Å². The fourth-order valence-corrected chi connectivity index (χ4v) is 3.91. The molecule has 116 valence electrons. The van der Waals surface area contributed by atoms with Crippen molar-refractivity contribution in [3.63, 3.8) is 0 Å². The average molecular weight is 284 g/mol. The van der Waals surface area contributed by atoms with Crippen LogP contribution in [0.4, 0.5) is 0 Å². The summed E-state index contributed by atoms with van der Waals surface area (Å²) in [7, 11) is 0. The molecule has 2 rings (SSSR count). The molecule has 0 aromatic heterocycles. The van der Waals surface area contributed by atoms with Crippen LogP contribution in [0.5, 0.6) is 0 Å². The summed E-state index contributed by atoms with van der Waals surface area (Å²) in [4.78, 5) is 0. The minimum Gasteiger partial charge on any atom is -0.0985 e. The van der Waals surface area contributed by atoms with E-state index in [2.05, 4.69) is 46.4 Å². The molecule has 0 heterocycles. The highest BCUT2D eigenvalue weighted by molar-refractivity contribution is 5.51. The number of rotatable bonds is 3. The third-order valence-corrected chi connectivity index (χ3v) is 5.56. The lowest BCUT2D eigenvalue weighted by Gasteiger charge is -2.27. The quantitative estimate of drug-likeness (QED) is 0.511. The normalized spacial score (nSPS) is 31.7. The third kappa shape index (κ3) is 3.78. The maximum atomic E-state index is 4.01.